The standard InChI is InChI=1S/C27H30Cl2F6N2O2/c1-5-7-9-17-11-19(13-21(28)23(17)36-15(3)38)25(26(30,31)32,27(33,34)35)20-12-18(10-8-6-2)24(22(29)14-20)37-16(4)39/h11-14H,5-10H2,1-4H3,(H,36,38)(H,37,39). The Bertz CT molecular complexity index is 1120. The molecule has 2 aromatic rings. The molecule has 39 heavy (non-hydrogen) atoms. The molecule has 12 heteroatoms. The quantitative estimate of drug-likeness (QED) is 0.268. The van der Waals surface area contributed by atoms with E-state index >= 15 is 0 Å². The van der Waals surface area contributed by atoms with Crippen molar-refractivity contribution in [2.75, 3.05) is 10.6 Å². The lowest BCUT2D eigenvalue weighted by Crippen LogP contribution is -2.55. The first-order valence-electron chi connectivity index (χ1n) is 12.4. The predicted octanol–water partition coefficient (Wildman–Crippen LogP) is 9.01. The largest absolute Gasteiger partial charge is 0.411 e. The fraction of sp³-hybridized carbons (Fsp3) is 0.481. The number of halogens is 8. The molecular weight excluding hydrogens is 569 g/mol. The highest BCUT2D eigenvalue weighted by Gasteiger charge is 2.72. The van der Waals surface area contributed by atoms with Gasteiger partial charge in [0.25, 0.3) is 0 Å². The van der Waals surface area contributed by atoms with Crippen molar-refractivity contribution in [2.24, 2.45) is 0 Å². The minimum absolute atomic E-state index is 0.0395. The number of alkyl halides is 6. The third-order valence-electron chi connectivity index (χ3n) is 6.26. The Balaban J connectivity index is 3.06. The summed E-state index contributed by atoms with van der Waals surface area (Å²) in [6.07, 6.45) is -9.57. The lowest BCUT2D eigenvalue weighted by molar-refractivity contribution is -0.288. The molecule has 0 atom stereocenters. The van der Waals surface area contributed by atoms with Crippen LogP contribution in [0, 0.1) is 0 Å². The topological polar surface area (TPSA) is 58.2 Å². The third kappa shape index (κ3) is 7.01. The molecule has 0 aliphatic rings. The average molecular weight is 599 g/mol. The van der Waals surface area contributed by atoms with Gasteiger partial charge < -0.3 is 10.6 Å². The molecule has 0 aromatic heterocycles. The Kier molecular flexibility index (Phi) is 10.8. The van der Waals surface area contributed by atoms with E-state index in [1.807, 2.05) is 0 Å². The first kappa shape index (κ1) is 32.8. The van der Waals surface area contributed by atoms with Crippen molar-refractivity contribution in [3.63, 3.8) is 0 Å². The van der Waals surface area contributed by atoms with Crippen LogP contribution in [0.3, 0.4) is 0 Å². The monoisotopic (exact) mass is 598 g/mol. The van der Waals surface area contributed by atoms with Crippen molar-refractivity contribution in [1.82, 2.24) is 0 Å². The van der Waals surface area contributed by atoms with E-state index < -0.39 is 50.8 Å². The highest BCUT2D eigenvalue weighted by Crippen LogP contribution is 2.58. The lowest BCUT2D eigenvalue weighted by atomic mass is 9.71. The molecule has 0 aliphatic carbocycles. The van der Waals surface area contributed by atoms with Gasteiger partial charge in [-0.1, -0.05) is 62.0 Å². The number of amides is 2. The number of nitrogens with one attached hydrogen (secondary N) is 2. The summed E-state index contributed by atoms with van der Waals surface area (Å²) < 4.78 is 89.7. The Morgan fingerprint density at radius 2 is 1.03 bits per heavy atom. The zero-order valence-corrected chi connectivity index (χ0v) is 23.4. The van der Waals surface area contributed by atoms with Crippen molar-refractivity contribution in [3.05, 3.63) is 56.6 Å². The molecule has 0 radical (unpaired) electrons. The Morgan fingerprint density at radius 1 is 0.692 bits per heavy atom. The van der Waals surface area contributed by atoms with Crippen LogP contribution in [-0.2, 0) is 27.8 Å². The molecule has 0 aliphatic heterocycles. The first-order chi connectivity index (χ1) is 18.0. The SMILES string of the molecule is CCCCc1cc(C(c2cc(Cl)c(NC(C)=O)c(CCCC)c2)(C(F)(F)F)C(F)(F)F)cc(Cl)c1NC(C)=O. The molecule has 4 nitrogen and oxygen atoms in total. The van der Waals surface area contributed by atoms with Gasteiger partial charge in [-0.05, 0) is 60.1 Å². The molecule has 0 saturated heterocycles. The van der Waals surface area contributed by atoms with Crippen molar-refractivity contribution in [2.45, 2.75) is 84.0 Å². The van der Waals surface area contributed by atoms with Crippen molar-refractivity contribution in [3.8, 4) is 0 Å². The summed E-state index contributed by atoms with van der Waals surface area (Å²) in [5.41, 5.74) is -6.82. The van der Waals surface area contributed by atoms with Crippen molar-refractivity contribution >= 4 is 46.4 Å². The molecule has 2 N–H and O–H groups in total. The van der Waals surface area contributed by atoms with Gasteiger partial charge in [-0.25, -0.2) is 0 Å². The zero-order chi connectivity index (χ0) is 29.8. The second kappa shape index (κ2) is 12.8. The molecule has 2 amide bonds. The second-order valence-corrected chi connectivity index (χ2v) is 10.1. The first-order valence-corrected chi connectivity index (χ1v) is 13.1. The van der Waals surface area contributed by atoms with Crippen LogP contribution in [-0.4, -0.2) is 24.2 Å². The maximum absolute atomic E-state index is 14.9. The highest BCUT2D eigenvalue weighted by atomic mass is 35.5. The molecule has 0 heterocycles. The average Bonchev–Trinajstić information content (AvgIpc) is 2.78. The van der Waals surface area contributed by atoms with Crippen LogP contribution in [0.15, 0.2) is 24.3 Å². The number of rotatable bonds is 10. The van der Waals surface area contributed by atoms with Crippen LogP contribution in [0.25, 0.3) is 0 Å². The molecule has 0 unspecified atom stereocenters. The van der Waals surface area contributed by atoms with Gasteiger partial charge in [0.1, 0.15) is 0 Å². The maximum Gasteiger partial charge on any atom is 0.411 e. The summed E-state index contributed by atoms with van der Waals surface area (Å²) in [7, 11) is 0. The number of benzene rings is 2. The van der Waals surface area contributed by atoms with Crippen molar-refractivity contribution < 1.29 is 35.9 Å². The predicted molar refractivity (Wildman–Crippen MR) is 142 cm³/mol. The van der Waals surface area contributed by atoms with E-state index in [1.165, 1.54) is 0 Å². The maximum atomic E-state index is 14.9. The number of hydrogen-bond donors (Lipinski definition) is 2. The summed E-state index contributed by atoms with van der Waals surface area (Å²) in [4.78, 5) is 23.4. The summed E-state index contributed by atoms with van der Waals surface area (Å²) in [6.45, 7) is 5.91. The minimum Gasteiger partial charge on any atom is -0.325 e. The highest BCUT2D eigenvalue weighted by molar-refractivity contribution is 6.34. The number of aryl methyl sites for hydroxylation is 2. The van der Waals surface area contributed by atoms with Crippen LogP contribution in [0.2, 0.25) is 10.0 Å². The van der Waals surface area contributed by atoms with Gasteiger partial charge in [0.2, 0.25) is 17.2 Å². The van der Waals surface area contributed by atoms with Crippen LogP contribution in [0.5, 0.6) is 0 Å². The van der Waals surface area contributed by atoms with Gasteiger partial charge in [0.15, 0.2) is 0 Å². The molecule has 0 spiro atoms. The summed E-state index contributed by atoms with van der Waals surface area (Å²) >= 11 is 12.5. The molecular formula is C27H30Cl2F6N2O2. The summed E-state index contributed by atoms with van der Waals surface area (Å²) in [5.74, 6) is -1.16. The van der Waals surface area contributed by atoms with E-state index in [2.05, 4.69) is 10.6 Å². The van der Waals surface area contributed by atoms with E-state index in [0.29, 0.717) is 37.8 Å². The van der Waals surface area contributed by atoms with E-state index in [1.54, 1.807) is 13.8 Å². The molecule has 0 bridgehead atoms. The van der Waals surface area contributed by atoms with Crippen LogP contribution in [0.1, 0.15) is 75.6 Å². The smallest absolute Gasteiger partial charge is 0.325 e. The number of unbranched alkanes of at least 4 members (excludes halogenated alkanes) is 2. The Hall–Kier alpha value is -2.46. The molecule has 0 saturated carbocycles. The van der Waals surface area contributed by atoms with E-state index in [0.717, 1.165) is 26.0 Å². The van der Waals surface area contributed by atoms with E-state index in [9.17, 15) is 35.9 Å². The van der Waals surface area contributed by atoms with Gasteiger partial charge in [-0.3, -0.25) is 9.59 Å². The number of carbonyl (C=O) groups is 2. The third-order valence-corrected chi connectivity index (χ3v) is 6.86. The molecule has 216 valence electrons. The van der Waals surface area contributed by atoms with Gasteiger partial charge >= 0.3 is 12.4 Å². The van der Waals surface area contributed by atoms with Gasteiger partial charge in [0.05, 0.1) is 21.4 Å². The molecule has 0 fully saturated rings. The normalized spacial score (nSPS) is 12.4. The van der Waals surface area contributed by atoms with Crippen molar-refractivity contribution in [1.29, 1.82) is 0 Å². The van der Waals surface area contributed by atoms with E-state index in [4.69, 9.17) is 23.2 Å². The zero-order valence-electron chi connectivity index (χ0n) is 21.9. The van der Waals surface area contributed by atoms with Crippen LogP contribution >= 0.6 is 23.2 Å². The van der Waals surface area contributed by atoms with Crippen LogP contribution < -0.4 is 10.6 Å². The fourth-order valence-corrected chi connectivity index (χ4v) is 5.08. The van der Waals surface area contributed by atoms with Crippen LogP contribution in [0.4, 0.5) is 37.7 Å². The van der Waals surface area contributed by atoms with Gasteiger partial charge in [-0.15, -0.1) is 0 Å². The summed E-state index contributed by atoms with van der Waals surface area (Å²) in [5, 5.41) is 3.92. The van der Waals surface area contributed by atoms with E-state index in [-0.39, 0.29) is 35.3 Å². The Labute approximate surface area is 233 Å². The number of carbonyl (C=O) groups excluding carboxylic acids is 2. The second-order valence-electron chi connectivity index (χ2n) is 9.30. The fourth-order valence-electron chi connectivity index (χ4n) is 4.50. The molecule has 2 rings (SSSR count). The van der Waals surface area contributed by atoms with Gasteiger partial charge in [0, 0.05) is 13.8 Å². The summed E-state index contributed by atoms with van der Waals surface area (Å²) in [6, 6.07) is 2.78. The minimum atomic E-state index is -5.88. The Morgan fingerprint density at radius 3 is 1.28 bits per heavy atom. The lowest BCUT2D eigenvalue weighted by Gasteiger charge is -2.39. The van der Waals surface area contributed by atoms with Gasteiger partial charge in [-0.2, -0.15) is 26.3 Å². The molecule has 2 aromatic carbocycles. The number of anilines is 2. The number of hydrogen-bond acceptors (Lipinski definition) is 2.